The van der Waals surface area contributed by atoms with Crippen LogP contribution in [0, 0.1) is 6.92 Å². The van der Waals surface area contributed by atoms with Crippen LogP contribution in [-0.2, 0) is 0 Å². The Bertz CT molecular complexity index is 576. The maximum Gasteiger partial charge on any atom is 0.159 e. The van der Waals surface area contributed by atoms with Crippen LogP contribution in [0.15, 0.2) is 36.4 Å². The average Bonchev–Trinajstić information content (AvgIpc) is 2.34. The molecule has 2 rings (SSSR count). The number of benzene rings is 1. The number of aromatic nitrogens is 1. The molecule has 4 heteroatoms. The van der Waals surface area contributed by atoms with Crippen molar-refractivity contribution in [3.8, 4) is 0 Å². The molecule has 0 saturated heterocycles. The summed E-state index contributed by atoms with van der Waals surface area (Å²) in [7, 11) is 0. The molecular weight excluding hydrogens is 226 g/mol. The van der Waals surface area contributed by atoms with Crippen LogP contribution < -0.4 is 11.1 Å². The van der Waals surface area contributed by atoms with E-state index in [4.69, 9.17) is 5.73 Å². The molecule has 0 spiro atoms. The zero-order valence-corrected chi connectivity index (χ0v) is 10.4. The van der Waals surface area contributed by atoms with E-state index in [2.05, 4.69) is 10.3 Å². The zero-order chi connectivity index (χ0) is 13.1. The van der Waals surface area contributed by atoms with Gasteiger partial charge in [0.2, 0.25) is 0 Å². The minimum absolute atomic E-state index is 0.0583. The number of carbonyl (C=O) groups excluding carboxylic acids is 1. The van der Waals surface area contributed by atoms with E-state index in [1.54, 1.807) is 19.1 Å². The molecule has 3 N–H and O–H groups in total. The van der Waals surface area contributed by atoms with Crippen LogP contribution in [0.2, 0.25) is 0 Å². The van der Waals surface area contributed by atoms with E-state index in [1.165, 1.54) is 0 Å². The fourth-order valence-corrected chi connectivity index (χ4v) is 1.58. The molecule has 0 radical (unpaired) electrons. The smallest absolute Gasteiger partial charge is 0.159 e. The summed E-state index contributed by atoms with van der Waals surface area (Å²) in [6.45, 7) is 3.41. The number of hydrogen-bond acceptors (Lipinski definition) is 4. The van der Waals surface area contributed by atoms with E-state index in [0.717, 1.165) is 17.2 Å². The molecule has 1 heterocycles. The van der Waals surface area contributed by atoms with E-state index in [-0.39, 0.29) is 5.78 Å². The molecule has 0 aliphatic heterocycles. The van der Waals surface area contributed by atoms with Crippen LogP contribution in [0.3, 0.4) is 0 Å². The average molecular weight is 241 g/mol. The highest BCUT2D eigenvalue weighted by Crippen LogP contribution is 2.18. The number of nitrogen functional groups attached to an aromatic ring is 1. The predicted octanol–water partition coefficient (Wildman–Crippen LogP) is 2.92. The minimum Gasteiger partial charge on any atom is -0.397 e. The van der Waals surface area contributed by atoms with Gasteiger partial charge in [0, 0.05) is 11.3 Å². The number of rotatable bonds is 3. The molecule has 92 valence electrons. The van der Waals surface area contributed by atoms with Crippen molar-refractivity contribution in [2.45, 2.75) is 13.8 Å². The maximum atomic E-state index is 11.2. The number of hydrogen-bond donors (Lipinski definition) is 2. The van der Waals surface area contributed by atoms with Gasteiger partial charge < -0.3 is 11.1 Å². The van der Waals surface area contributed by atoms with Crippen molar-refractivity contribution < 1.29 is 4.79 Å². The van der Waals surface area contributed by atoms with Gasteiger partial charge >= 0.3 is 0 Å². The first kappa shape index (κ1) is 12.1. The van der Waals surface area contributed by atoms with Gasteiger partial charge in [-0.05, 0) is 50.2 Å². The Kier molecular flexibility index (Phi) is 3.28. The van der Waals surface area contributed by atoms with Crippen molar-refractivity contribution in [1.82, 2.24) is 4.98 Å². The first-order valence-corrected chi connectivity index (χ1v) is 5.67. The quantitative estimate of drug-likeness (QED) is 0.811. The Morgan fingerprint density at radius 2 is 1.83 bits per heavy atom. The summed E-state index contributed by atoms with van der Waals surface area (Å²) in [5, 5.41) is 3.16. The Morgan fingerprint density at radius 3 is 2.39 bits per heavy atom. The van der Waals surface area contributed by atoms with Crippen molar-refractivity contribution >= 4 is 23.0 Å². The molecule has 2 aromatic rings. The summed E-state index contributed by atoms with van der Waals surface area (Å²) >= 11 is 0. The molecule has 0 aliphatic rings. The SMILES string of the molecule is CC(=O)c1ccc(Nc2ccc(N)c(C)n2)cc1. The van der Waals surface area contributed by atoms with Crippen LogP contribution in [0.1, 0.15) is 23.0 Å². The second kappa shape index (κ2) is 4.87. The predicted molar refractivity (Wildman–Crippen MR) is 73.1 cm³/mol. The number of carbonyl (C=O) groups is 1. The third-order valence-corrected chi connectivity index (χ3v) is 2.69. The second-order valence-electron chi connectivity index (χ2n) is 4.13. The van der Waals surface area contributed by atoms with Crippen LogP contribution in [-0.4, -0.2) is 10.8 Å². The van der Waals surface area contributed by atoms with Crippen LogP contribution in [0.4, 0.5) is 17.2 Å². The fourth-order valence-electron chi connectivity index (χ4n) is 1.58. The Labute approximate surface area is 106 Å². The van der Waals surface area contributed by atoms with E-state index in [1.807, 2.05) is 31.2 Å². The maximum absolute atomic E-state index is 11.2. The summed E-state index contributed by atoms with van der Waals surface area (Å²) in [6.07, 6.45) is 0. The summed E-state index contributed by atoms with van der Waals surface area (Å²) in [5.74, 6) is 0.792. The molecule has 1 aromatic heterocycles. The van der Waals surface area contributed by atoms with Crippen molar-refractivity contribution in [2.75, 3.05) is 11.1 Å². The molecule has 0 fully saturated rings. The van der Waals surface area contributed by atoms with E-state index < -0.39 is 0 Å². The van der Waals surface area contributed by atoms with Gasteiger partial charge in [-0.2, -0.15) is 0 Å². The highest BCUT2D eigenvalue weighted by molar-refractivity contribution is 5.94. The lowest BCUT2D eigenvalue weighted by molar-refractivity contribution is 0.101. The largest absolute Gasteiger partial charge is 0.397 e. The molecule has 1 aromatic carbocycles. The molecule has 0 unspecified atom stereocenters. The van der Waals surface area contributed by atoms with Gasteiger partial charge in [0.15, 0.2) is 5.78 Å². The number of ketones is 1. The van der Waals surface area contributed by atoms with Gasteiger partial charge in [-0.3, -0.25) is 4.79 Å². The number of anilines is 3. The Morgan fingerprint density at radius 1 is 1.17 bits per heavy atom. The van der Waals surface area contributed by atoms with E-state index >= 15 is 0 Å². The molecule has 4 nitrogen and oxygen atoms in total. The van der Waals surface area contributed by atoms with Crippen LogP contribution >= 0.6 is 0 Å². The highest BCUT2D eigenvalue weighted by Gasteiger charge is 2.01. The Hall–Kier alpha value is -2.36. The minimum atomic E-state index is 0.0583. The van der Waals surface area contributed by atoms with Crippen molar-refractivity contribution in [2.24, 2.45) is 0 Å². The third kappa shape index (κ3) is 2.66. The summed E-state index contributed by atoms with van der Waals surface area (Å²) in [6, 6.07) is 10.9. The van der Waals surface area contributed by atoms with E-state index in [9.17, 15) is 4.79 Å². The standard InChI is InChI=1S/C14H15N3O/c1-9-13(15)7-8-14(16-9)17-12-5-3-11(4-6-12)10(2)18/h3-8H,15H2,1-2H3,(H,16,17). The monoisotopic (exact) mass is 241 g/mol. The summed E-state index contributed by atoms with van der Waals surface area (Å²) < 4.78 is 0. The lowest BCUT2D eigenvalue weighted by Crippen LogP contribution is -1.98. The van der Waals surface area contributed by atoms with Gasteiger partial charge in [0.1, 0.15) is 5.82 Å². The molecule has 0 aliphatic carbocycles. The zero-order valence-electron chi connectivity index (χ0n) is 10.4. The third-order valence-electron chi connectivity index (χ3n) is 2.69. The van der Waals surface area contributed by atoms with E-state index in [0.29, 0.717) is 11.3 Å². The molecule has 0 saturated carbocycles. The summed E-state index contributed by atoms with van der Waals surface area (Å²) in [4.78, 5) is 15.5. The second-order valence-corrected chi connectivity index (χ2v) is 4.13. The van der Waals surface area contributed by atoms with Crippen LogP contribution in [0.5, 0.6) is 0 Å². The van der Waals surface area contributed by atoms with Crippen molar-refractivity contribution in [3.05, 3.63) is 47.7 Å². The number of Topliss-reactive ketones (excluding diaryl/α,β-unsaturated/α-hetero) is 1. The first-order chi connectivity index (χ1) is 8.56. The number of nitrogens with one attached hydrogen (secondary N) is 1. The van der Waals surface area contributed by atoms with Crippen molar-refractivity contribution in [3.63, 3.8) is 0 Å². The lowest BCUT2D eigenvalue weighted by Gasteiger charge is -2.07. The molecule has 0 bridgehead atoms. The first-order valence-electron chi connectivity index (χ1n) is 5.67. The number of nitrogens with zero attached hydrogens (tertiary/aromatic N) is 1. The van der Waals surface area contributed by atoms with Crippen molar-refractivity contribution in [1.29, 1.82) is 0 Å². The van der Waals surface area contributed by atoms with Gasteiger partial charge in [0.05, 0.1) is 11.4 Å². The molecule has 18 heavy (non-hydrogen) atoms. The molecule has 0 atom stereocenters. The van der Waals surface area contributed by atoms with Gasteiger partial charge in [0.25, 0.3) is 0 Å². The van der Waals surface area contributed by atoms with Gasteiger partial charge in [-0.1, -0.05) is 0 Å². The number of nitrogens with two attached hydrogens (primary N) is 1. The van der Waals surface area contributed by atoms with Gasteiger partial charge in [-0.15, -0.1) is 0 Å². The molecule has 0 amide bonds. The fraction of sp³-hybridized carbons (Fsp3) is 0.143. The topological polar surface area (TPSA) is 68.0 Å². The van der Waals surface area contributed by atoms with Gasteiger partial charge in [-0.25, -0.2) is 4.98 Å². The Balaban J connectivity index is 2.18. The summed E-state index contributed by atoms with van der Waals surface area (Å²) in [5.41, 5.74) is 8.76. The molecular formula is C14H15N3O. The normalized spacial score (nSPS) is 10.1. The van der Waals surface area contributed by atoms with Crippen LogP contribution in [0.25, 0.3) is 0 Å². The lowest BCUT2D eigenvalue weighted by atomic mass is 10.1. The number of aryl methyl sites for hydroxylation is 1. The highest BCUT2D eigenvalue weighted by atomic mass is 16.1. The number of pyridine rings is 1.